The third-order valence-corrected chi connectivity index (χ3v) is 7.10. The number of anilines is 2. The molecule has 0 aliphatic heterocycles. The second kappa shape index (κ2) is 12.7. The molecule has 0 spiro atoms. The predicted molar refractivity (Wildman–Crippen MR) is 164 cm³/mol. The fraction of sp³-hybridized carbons (Fsp3) is 0.200. The van der Waals surface area contributed by atoms with Gasteiger partial charge >= 0.3 is 0 Å². The van der Waals surface area contributed by atoms with Gasteiger partial charge in [-0.2, -0.15) is 0 Å². The third-order valence-electron chi connectivity index (χ3n) is 6.52. The highest BCUT2D eigenvalue weighted by atomic mass is 79.9. The van der Waals surface area contributed by atoms with Crippen molar-refractivity contribution in [3.8, 4) is 11.5 Å². The Morgan fingerprint density at radius 3 is 1.78 bits per heavy atom. The van der Waals surface area contributed by atoms with Crippen molar-refractivity contribution < 1.29 is 9.47 Å². The summed E-state index contributed by atoms with van der Waals surface area (Å²) in [5.74, 6) is 5.10. The molecule has 2 aromatic carbocycles. The SMILES string of the molecule is COc1ccc(CNc2nccc3c(Br)nc(C)n23)cc1.COc1ccc(CNc2nccc3cnc(C)n23)cc1. The van der Waals surface area contributed by atoms with Gasteiger partial charge in [-0.3, -0.25) is 8.80 Å². The first-order valence-corrected chi connectivity index (χ1v) is 13.8. The van der Waals surface area contributed by atoms with E-state index < -0.39 is 0 Å². The molecule has 0 atom stereocenters. The van der Waals surface area contributed by atoms with Crippen LogP contribution in [0.5, 0.6) is 11.5 Å². The number of halogens is 1. The van der Waals surface area contributed by atoms with Gasteiger partial charge in [0.1, 0.15) is 27.8 Å². The summed E-state index contributed by atoms with van der Waals surface area (Å²) in [7, 11) is 3.33. The largest absolute Gasteiger partial charge is 0.497 e. The maximum atomic E-state index is 5.16. The summed E-state index contributed by atoms with van der Waals surface area (Å²) in [5, 5.41) is 6.69. The number of ether oxygens (including phenoxy) is 2. The lowest BCUT2D eigenvalue weighted by molar-refractivity contribution is 0.414. The fourth-order valence-corrected chi connectivity index (χ4v) is 4.92. The first-order valence-electron chi connectivity index (χ1n) is 13.0. The Morgan fingerprint density at radius 2 is 1.22 bits per heavy atom. The van der Waals surface area contributed by atoms with Crippen LogP contribution in [0.15, 0.2) is 83.9 Å². The molecule has 0 fully saturated rings. The minimum atomic E-state index is 0.686. The zero-order valence-corrected chi connectivity index (χ0v) is 24.9. The topological polar surface area (TPSA) is 103 Å². The van der Waals surface area contributed by atoms with E-state index in [1.165, 1.54) is 5.56 Å². The van der Waals surface area contributed by atoms with Gasteiger partial charge in [-0.25, -0.2) is 19.9 Å². The number of benzene rings is 2. The zero-order chi connectivity index (χ0) is 28.8. The van der Waals surface area contributed by atoms with Gasteiger partial charge in [-0.15, -0.1) is 0 Å². The van der Waals surface area contributed by atoms with Crippen molar-refractivity contribution in [2.75, 3.05) is 24.9 Å². The van der Waals surface area contributed by atoms with E-state index in [2.05, 4.69) is 46.5 Å². The zero-order valence-electron chi connectivity index (χ0n) is 23.3. The Balaban J connectivity index is 0.000000165. The Bertz CT molecular complexity index is 1750. The van der Waals surface area contributed by atoms with Crippen molar-refractivity contribution in [3.63, 3.8) is 0 Å². The number of aryl methyl sites for hydroxylation is 2. The third kappa shape index (κ3) is 6.41. The summed E-state index contributed by atoms with van der Waals surface area (Å²) in [5.41, 5.74) is 4.36. The Morgan fingerprint density at radius 1 is 0.683 bits per heavy atom. The highest BCUT2D eigenvalue weighted by Crippen LogP contribution is 2.22. The Hall–Kier alpha value is -4.64. The second-order valence-electron chi connectivity index (χ2n) is 9.18. The number of methoxy groups -OCH3 is 2. The normalized spacial score (nSPS) is 10.8. The molecule has 0 aliphatic rings. The van der Waals surface area contributed by atoms with Crippen molar-refractivity contribution in [3.05, 3.63) is 107 Å². The fourth-order valence-electron chi connectivity index (χ4n) is 4.36. The van der Waals surface area contributed by atoms with E-state index in [1.807, 2.05) is 89.5 Å². The molecule has 0 unspecified atom stereocenters. The van der Waals surface area contributed by atoms with E-state index >= 15 is 0 Å². The van der Waals surface area contributed by atoms with Gasteiger partial charge in [-0.05, 0) is 77.3 Å². The van der Waals surface area contributed by atoms with Crippen LogP contribution in [0.1, 0.15) is 22.8 Å². The summed E-state index contributed by atoms with van der Waals surface area (Å²) in [6.45, 7) is 5.31. The van der Waals surface area contributed by atoms with Crippen molar-refractivity contribution in [1.29, 1.82) is 0 Å². The monoisotopic (exact) mass is 614 g/mol. The number of hydrogen-bond acceptors (Lipinski definition) is 8. The quantitative estimate of drug-likeness (QED) is 0.213. The number of rotatable bonds is 8. The molecule has 4 aromatic heterocycles. The van der Waals surface area contributed by atoms with Crippen molar-refractivity contribution in [2.45, 2.75) is 26.9 Å². The molecule has 0 saturated heterocycles. The molecule has 210 valence electrons. The summed E-state index contributed by atoms with van der Waals surface area (Å²) in [6, 6.07) is 19.8. The molecule has 10 nitrogen and oxygen atoms in total. The molecular formula is C30H31BrN8O2. The van der Waals surface area contributed by atoms with E-state index in [1.54, 1.807) is 26.6 Å². The summed E-state index contributed by atoms with van der Waals surface area (Å²) in [4.78, 5) is 17.5. The average Bonchev–Trinajstić information content (AvgIpc) is 3.54. The van der Waals surface area contributed by atoms with E-state index in [0.717, 1.165) is 56.2 Å². The van der Waals surface area contributed by atoms with Gasteiger partial charge < -0.3 is 20.1 Å². The highest BCUT2D eigenvalue weighted by Gasteiger charge is 2.10. The molecule has 0 amide bonds. The molecule has 41 heavy (non-hydrogen) atoms. The molecule has 6 rings (SSSR count). The van der Waals surface area contributed by atoms with Crippen molar-refractivity contribution in [1.82, 2.24) is 28.7 Å². The van der Waals surface area contributed by atoms with Crippen LogP contribution >= 0.6 is 15.9 Å². The van der Waals surface area contributed by atoms with E-state index in [-0.39, 0.29) is 0 Å². The predicted octanol–water partition coefficient (Wildman–Crippen LogP) is 6.08. The van der Waals surface area contributed by atoms with Crippen LogP contribution in [-0.4, -0.2) is 43.0 Å². The smallest absolute Gasteiger partial charge is 0.209 e. The first-order chi connectivity index (χ1) is 20.0. The van der Waals surface area contributed by atoms with Gasteiger partial charge in [0, 0.05) is 25.5 Å². The molecule has 0 saturated carbocycles. The van der Waals surface area contributed by atoms with Crippen LogP contribution in [0.3, 0.4) is 0 Å². The summed E-state index contributed by atoms with van der Waals surface area (Å²) < 4.78 is 15.1. The van der Waals surface area contributed by atoms with Crippen LogP contribution in [0.2, 0.25) is 0 Å². The number of nitrogens with zero attached hydrogens (tertiary/aromatic N) is 6. The highest BCUT2D eigenvalue weighted by molar-refractivity contribution is 9.10. The van der Waals surface area contributed by atoms with Crippen LogP contribution in [0.4, 0.5) is 11.9 Å². The second-order valence-corrected chi connectivity index (χ2v) is 9.93. The van der Waals surface area contributed by atoms with Crippen LogP contribution in [0.25, 0.3) is 11.0 Å². The van der Waals surface area contributed by atoms with Crippen molar-refractivity contribution >= 4 is 38.9 Å². The average molecular weight is 616 g/mol. The molecule has 0 radical (unpaired) electrons. The first kappa shape index (κ1) is 27.9. The van der Waals surface area contributed by atoms with E-state index in [4.69, 9.17) is 9.47 Å². The molecule has 11 heteroatoms. The number of imidazole rings is 2. The molecule has 6 aromatic rings. The Kier molecular flexibility index (Phi) is 8.64. The van der Waals surface area contributed by atoms with E-state index in [9.17, 15) is 0 Å². The molecule has 0 aliphatic carbocycles. The molecule has 4 heterocycles. The van der Waals surface area contributed by atoms with Crippen LogP contribution in [-0.2, 0) is 13.1 Å². The van der Waals surface area contributed by atoms with Gasteiger partial charge in [0.15, 0.2) is 0 Å². The number of hydrogen-bond donors (Lipinski definition) is 2. The maximum absolute atomic E-state index is 5.16. The molecular weight excluding hydrogens is 584 g/mol. The van der Waals surface area contributed by atoms with Gasteiger partial charge in [0.25, 0.3) is 0 Å². The standard InChI is InChI=1S/C15H15BrN4O.C15H16N4O/c1-10-19-14(16)13-7-8-17-15(20(10)13)18-9-11-3-5-12(21-2)6-4-11;1-11-17-10-13-7-8-16-15(19(11)13)18-9-12-3-5-14(20-2)6-4-12/h3-8H,9H2,1-2H3,(H,17,18);3-8,10H,9H2,1-2H3,(H,16,18). The van der Waals surface area contributed by atoms with Gasteiger partial charge in [-0.1, -0.05) is 24.3 Å². The van der Waals surface area contributed by atoms with E-state index in [0.29, 0.717) is 13.1 Å². The Labute approximate surface area is 246 Å². The number of aromatic nitrogens is 6. The summed E-state index contributed by atoms with van der Waals surface area (Å²) >= 11 is 3.46. The minimum Gasteiger partial charge on any atom is -0.497 e. The number of nitrogens with one attached hydrogen (secondary N) is 2. The number of fused-ring (bicyclic) bond motifs is 2. The van der Waals surface area contributed by atoms with Gasteiger partial charge in [0.05, 0.1) is 31.4 Å². The summed E-state index contributed by atoms with van der Waals surface area (Å²) in [6.07, 6.45) is 5.40. The van der Waals surface area contributed by atoms with Crippen LogP contribution < -0.4 is 20.1 Å². The molecule has 2 N–H and O–H groups in total. The maximum Gasteiger partial charge on any atom is 0.209 e. The minimum absolute atomic E-state index is 0.686. The lowest BCUT2D eigenvalue weighted by Crippen LogP contribution is -2.07. The van der Waals surface area contributed by atoms with Gasteiger partial charge in [0.2, 0.25) is 11.9 Å². The lowest BCUT2D eigenvalue weighted by atomic mass is 10.2. The lowest BCUT2D eigenvalue weighted by Gasteiger charge is -2.09. The molecule has 0 bridgehead atoms. The van der Waals surface area contributed by atoms with Crippen molar-refractivity contribution in [2.24, 2.45) is 0 Å². The van der Waals surface area contributed by atoms with Crippen LogP contribution in [0, 0.1) is 13.8 Å².